The van der Waals surface area contributed by atoms with E-state index in [-0.39, 0.29) is 5.91 Å². The molecule has 0 radical (unpaired) electrons. The van der Waals surface area contributed by atoms with Gasteiger partial charge >= 0.3 is 0 Å². The van der Waals surface area contributed by atoms with Crippen LogP contribution in [0, 0.1) is 5.92 Å². The van der Waals surface area contributed by atoms with Crippen LogP contribution in [0.25, 0.3) is 0 Å². The molecule has 2 fully saturated rings. The number of amides is 1. The van der Waals surface area contributed by atoms with Crippen molar-refractivity contribution >= 4 is 29.1 Å². The van der Waals surface area contributed by atoms with Gasteiger partial charge < -0.3 is 19.9 Å². The summed E-state index contributed by atoms with van der Waals surface area (Å²) in [4.78, 5) is 18.2. The van der Waals surface area contributed by atoms with Crippen molar-refractivity contribution in [1.82, 2.24) is 15.1 Å². The maximum Gasteiger partial charge on any atom is 0.255 e. The zero-order chi connectivity index (χ0) is 25.5. The van der Waals surface area contributed by atoms with Crippen LogP contribution in [0.3, 0.4) is 0 Å². The maximum atomic E-state index is 13.1. The number of benzene rings is 1. The lowest BCUT2D eigenvalue weighted by molar-refractivity contribution is 0.0386. The van der Waals surface area contributed by atoms with Gasteiger partial charge in [-0.15, -0.1) is 0 Å². The van der Waals surface area contributed by atoms with Crippen LogP contribution in [0.15, 0.2) is 58.4 Å². The fourth-order valence-corrected chi connectivity index (χ4v) is 5.99. The Hall–Kier alpha value is -1.79. The second-order valence-corrected chi connectivity index (χ2v) is 11.1. The first kappa shape index (κ1) is 27.3. The number of hydrogen-bond donors (Lipinski definition) is 1. The second kappa shape index (κ2) is 13.1. The van der Waals surface area contributed by atoms with E-state index >= 15 is 0 Å². The van der Waals surface area contributed by atoms with Gasteiger partial charge in [-0.05, 0) is 94.2 Å². The van der Waals surface area contributed by atoms with Crippen molar-refractivity contribution in [2.75, 3.05) is 39.8 Å². The Balaban J connectivity index is 1.39. The Morgan fingerprint density at radius 3 is 2.56 bits per heavy atom. The molecule has 1 aliphatic carbocycles. The molecule has 36 heavy (non-hydrogen) atoms. The number of nitrogens with zero attached hydrogens (tertiary/aromatic N) is 2. The fourth-order valence-electron chi connectivity index (χ4n) is 5.58. The molecule has 0 spiro atoms. The monoisotopic (exact) mass is 531 g/mol. The minimum absolute atomic E-state index is 0.175. The minimum atomic E-state index is -0.175. The van der Waals surface area contributed by atoms with Crippen molar-refractivity contribution in [1.29, 1.82) is 0 Å². The highest BCUT2D eigenvalue weighted by Crippen LogP contribution is 2.31. The third-order valence-corrected chi connectivity index (χ3v) is 8.29. The number of rotatable bonds is 7. The summed E-state index contributed by atoms with van der Waals surface area (Å²) in [6, 6.07) is 7.04. The second-order valence-electron chi connectivity index (χ2n) is 10.3. The normalized spacial score (nSPS) is 21.1. The summed E-state index contributed by atoms with van der Waals surface area (Å²) >= 11 is 12.6. The summed E-state index contributed by atoms with van der Waals surface area (Å²) in [7, 11) is 1.83. The molecule has 1 aromatic carbocycles. The molecule has 0 saturated carbocycles. The van der Waals surface area contributed by atoms with Crippen LogP contribution in [0.2, 0.25) is 5.02 Å². The predicted molar refractivity (Wildman–Crippen MR) is 148 cm³/mol. The van der Waals surface area contributed by atoms with E-state index in [1.54, 1.807) is 24.3 Å². The Kier molecular flexibility index (Phi) is 9.95. The zero-order valence-electron chi connectivity index (χ0n) is 21.6. The molecular formula is C29H39Cl2N3O2. The quantitative estimate of drug-likeness (QED) is 0.444. The maximum absolute atomic E-state index is 13.1. The molecule has 1 N–H and O–H groups in total. The molecule has 2 saturated heterocycles. The first-order valence-corrected chi connectivity index (χ1v) is 14.0. The number of hydrogen-bond acceptors (Lipinski definition) is 4. The van der Waals surface area contributed by atoms with Gasteiger partial charge in [-0.2, -0.15) is 0 Å². The molecule has 2 heterocycles. The number of carbonyl (C=O) groups is 1. The van der Waals surface area contributed by atoms with Gasteiger partial charge in [0.2, 0.25) is 0 Å². The summed E-state index contributed by atoms with van der Waals surface area (Å²) < 4.78 is 5.51. The molecule has 196 valence electrons. The average molecular weight is 533 g/mol. The van der Waals surface area contributed by atoms with E-state index < -0.39 is 0 Å². The Morgan fingerprint density at radius 1 is 1.11 bits per heavy atom. The Bertz CT molecular complexity index is 1000. The molecule has 0 aromatic heterocycles. The van der Waals surface area contributed by atoms with Crippen molar-refractivity contribution in [2.45, 2.75) is 58.0 Å². The standard InChI is InChI=1S/C29H39Cl2N3O2/c1-21-5-3-7-25(31)20-27(32-29(35)23-6-4-8-24(30)19-23)28(21)34-17-10-22(11-18-34)9-14-33-15-12-26(36-2)13-16-33/h4,6-8,19-20,22,26H,3,5,9-18H2,1-2H3,(H,32,35). The Labute approximate surface area is 226 Å². The summed E-state index contributed by atoms with van der Waals surface area (Å²) in [5, 5.41) is 4.35. The van der Waals surface area contributed by atoms with Crippen molar-refractivity contribution in [3.8, 4) is 0 Å². The van der Waals surface area contributed by atoms with Crippen LogP contribution in [-0.4, -0.2) is 61.6 Å². The topological polar surface area (TPSA) is 44.8 Å². The zero-order valence-corrected chi connectivity index (χ0v) is 23.1. The number of methoxy groups -OCH3 is 1. The van der Waals surface area contributed by atoms with Crippen molar-refractivity contribution in [2.24, 2.45) is 5.92 Å². The van der Waals surface area contributed by atoms with Crippen LogP contribution >= 0.6 is 23.2 Å². The highest BCUT2D eigenvalue weighted by molar-refractivity contribution is 6.31. The summed E-state index contributed by atoms with van der Waals surface area (Å²) in [6.45, 7) is 7.65. The third kappa shape index (κ3) is 7.38. The first-order valence-electron chi connectivity index (χ1n) is 13.3. The van der Waals surface area contributed by atoms with Gasteiger partial charge in [0, 0.05) is 48.9 Å². The van der Waals surface area contributed by atoms with E-state index in [2.05, 4.69) is 22.0 Å². The highest BCUT2D eigenvalue weighted by atomic mass is 35.5. The molecule has 5 nitrogen and oxygen atoms in total. The number of likely N-dealkylation sites (tertiary alicyclic amines) is 2. The molecule has 0 atom stereocenters. The SMILES string of the molecule is COC1CCN(CCC2CCN(C3=C(C)CCC=C(Cl)C=C3NC(=O)c3cccc(Cl)c3)CC2)CC1. The van der Waals surface area contributed by atoms with E-state index in [1.165, 1.54) is 31.4 Å². The molecule has 1 aromatic rings. The first-order chi connectivity index (χ1) is 17.4. The van der Waals surface area contributed by atoms with Crippen LogP contribution in [-0.2, 0) is 4.74 Å². The molecular weight excluding hydrogens is 493 g/mol. The molecule has 0 unspecified atom stereocenters. The minimum Gasteiger partial charge on any atom is -0.381 e. The summed E-state index contributed by atoms with van der Waals surface area (Å²) in [6.07, 6.45) is 12.1. The lowest BCUT2D eigenvalue weighted by atomic mass is 9.91. The number of piperidine rings is 2. The largest absolute Gasteiger partial charge is 0.381 e. The van der Waals surface area contributed by atoms with E-state index in [1.807, 2.05) is 19.3 Å². The van der Waals surface area contributed by atoms with Gasteiger partial charge in [-0.3, -0.25) is 4.79 Å². The molecule has 3 aliphatic rings. The van der Waals surface area contributed by atoms with Crippen LogP contribution in [0.4, 0.5) is 0 Å². The number of nitrogens with one attached hydrogen (secondary N) is 1. The van der Waals surface area contributed by atoms with Gasteiger partial charge in [0.25, 0.3) is 5.91 Å². The molecule has 7 heteroatoms. The smallest absolute Gasteiger partial charge is 0.255 e. The molecule has 4 rings (SSSR count). The van der Waals surface area contributed by atoms with Crippen LogP contribution in [0.5, 0.6) is 0 Å². The van der Waals surface area contributed by atoms with Gasteiger partial charge in [-0.1, -0.05) is 35.3 Å². The number of ether oxygens (including phenoxy) is 1. The molecule has 0 bridgehead atoms. The van der Waals surface area contributed by atoms with Crippen LogP contribution < -0.4 is 5.32 Å². The molecule has 2 aliphatic heterocycles. The predicted octanol–water partition coefficient (Wildman–Crippen LogP) is 6.36. The number of allylic oxidation sites excluding steroid dienone is 4. The van der Waals surface area contributed by atoms with E-state index in [9.17, 15) is 4.79 Å². The third-order valence-electron chi connectivity index (χ3n) is 7.79. The van der Waals surface area contributed by atoms with Gasteiger partial charge in [0.1, 0.15) is 0 Å². The fraction of sp³-hybridized carbons (Fsp3) is 0.552. The van der Waals surface area contributed by atoms with Crippen molar-refractivity contribution in [3.05, 3.63) is 69.0 Å². The average Bonchev–Trinajstić information content (AvgIpc) is 2.88. The Morgan fingerprint density at radius 2 is 1.86 bits per heavy atom. The van der Waals surface area contributed by atoms with Crippen LogP contribution in [0.1, 0.15) is 62.2 Å². The van der Waals surface area contributed by atoms with Crippen molar-refractivity contribution < 1.29 is 9.53 Å². The summed E-state index contributed by atoms with van der Waals surface area (Å²) in [5.74, 6) is 0.569. The van der Waals surface area contributed by atoms with E-state index in [4.69, 9.17) is 27.9 Å². The summed E-state index contributed by atoms with van der Waals surface area (Å²) in [5.41, 5.74) is 3.72. The van der Waals surface area contributed by atoms with Gasteiger partial charge in [0.15, 0.2) is 0 Å². The molecule has 1 amide bonds. The lowest BCUT2D eigenvalue weighted by Crippen LogP contribution is -2.40. The van der Waals surface area contributed by atoms with E-state index in [0.29, 0.717) is 21.7 Å². The number of carbonyl (C=O) groups excluding carboxylic acids is 1. The van der Waals surface area contributed by atoms with E-state index in [0.717, 1.165) is 69.2 Å². The highest BCUT2D eigenvalue weighted by Gasteiger charge is 2.27. The van der Waals surface area contributed by atoms with Crippen molar-refractivity contribution in [3.63, 3.8) is 0 Å². The number of halogens is 2. The van der Waals surface area contributed by atoms with Gasteiger partial charge in [-0.25, -0.2) is 0 Å². The van der Waals surface area contributed by atoms with Gasteiger partial charge in [0.05, 0.1) is 17.5 Å². The lowest BCUT2D eigenvalue weighted by Gasteiger charge is -2.38.